The van der Waals surface area contributed by atoms with Crippen LogP contribution in [0.15, 0.2) is 71.8 Å². The van der Waals surface area contributed by atoms with Crippen LogP contribution in [0.1, 0.15) is 21.5 Å². The van der Waals surface area contributed by atoms with Gasteiger partial charge in [0.2, 0.25) is 0 Å². The summed E-state index contributed by atoms with van der Waals surface area (Å²) < 4.78 is 58.1. The van der Waals surface area contributed by atoms with Crippen LogP contribution in [0.25, 0.3) is 5.69 Å². The van der Waals surface area contributed by atoms with Crippen molar-refractivity contribution in [3.63, 3.8) is 0 Å². The molecule has 3 aromatic carbocycles. The highest BCUT2D eigenvalue weighted by Gasteiger charge is 2.34. The van der Waals surface area contributed by atoms with E-state index >= 15 is 0 Å². The van der Waals surface area contributed by atoms with Crippen molar-refractivity contribution in [2.24, 2.45) is 0 Å². The third kappa shape index (κ3) is 7.62. The summed E-state index contributed by atoms with van der Waals surface area (Å²) in [6.07, 6.45) is -4.29. The van der Waals surface area contributed by atoms with Gasteiger partial charge in [-0.05, 0) is 35.4 Å². The van der Waals surface area contributed by atoms with Gasteiger partial charge in [-0.15, -0.1) is 13.2 Å². The number of alkyl halides is 3. The number of carbonyl (C=O) groups is 1. The van der Waals surface area contributed by atoms with Gasteiger partial charge in [0.25, 0.3) is 11.2 Å². The second-order valence-electron chi connectivity index (χ2n) is 9.24. The fourth-order valence-electron chi connectivity index (χ4n) is 4.36. The molecule has 1 heterocycles. The van der Waals surface area contributed by atoms with Crippen LogP contribution in [0.4, 0.5) is 24.7 Å². The first kappa shape index (κ1) is 32.6. The zero-order valence-corrected chi connectivity index (χ0v) is 24.6. The molecule has 45 heavy (non-hydrogen) atoms. The summed E-state index contributed by atoms with van der Waals surface area (Å²) >= 11 is 6.16. The first-order valence-electron chi connectivity index (χ1n) is 12.8. The highest BCUT2D eigenvalue weighted by atomic mass is 35.5. The fraction of sp³-hybridized carbons (Fsp3) is 0.207. The van der Waals surface area contributed by atoms with Gasteiger partial charge in [0.15, 0.2) is 11.4 Å². The Bertz CT molecular complexity index is 1710. The van der Waals surface area contributed by atoms with E-state index in [1.807, 2.05) is 0 Å². The highest BCUT2D eigenvalue weighted by Crippen LogP contribution is 2.37. The molecular formula is C29H24ClF3N4O8. The number of aromatic nitrogens is 2. The number of anilines is 1. The largest absolute Gasteiger partial charge is 0.573 e. The third-order valence-corrected chi connectivity index (χ3v) is 6.68. The van der Waals surface area contributed by atoms with Gasteiger partial charge in [-0.25, -0.2) is 9.78 Å². The van der Waals surface area contributed by atoms with E-state index in [0.29, 0.717) is 28.2 Å². The predicted molar refractivity (Wildman–Crippen MR) is 155 cm³/mol. The van der Waals surface area contributed by atoms with Gasteiger partial charge in [0, 0.05) is 19.2 Å². The Hall–Kier alpha value is -5.31. The molecule has 0 unspecified atom stereocenters. The lowest BCUT2D eigenvalue weighted by molar-refractivity contribution is -0.384. The smallest absolute Gasteiger partial charge is 0.497 e. The van der Waals surface area contributed by atoms with E-state index in [4.69, 9.17) is 25.8 Å². The van der Waals surface area contributed by atoms with Crippen LogP contribution in [0.2, 0.25) is 5.02 Å². The van der Waals surface area contributed by atoms with Gasteiger partial charge in [-0.3, -0.25) is 19.5 Å². The number of benzene rings is 3. The van der Waals surface area contributed by atoms with Gasteiger partial charge in [0.1, 0.15) is 29.3 Å². The molecule has 0 bridgehead atoms. The summed E-state index contributed by atoms with van der Waals surface area (Å²) in [6.45, 7) is 0.252. The van der Waals surface area contributed by atoms with Crippen LogP contribution >= 0.6 is 11.6 Å². The molecule has 1 aromatic heterocycles. The van der Waals surface area contributed by atoms with Crippen molar-refractivity contribution in [2.45, 2.75) is 19.5 Å². The van der Waals surface area contributed by atoms with E-state index in [2.05, 4.69) is 9.72 Å². The van der Waals surface area contributed by atoms with Gasteiger partial charge < -0.3 is 23.8 Å². The zero-order chi connectivity index (χ0) is 32.9. The van der Waals surface area contributed by atoms with Gasteiger partial charge >= 0.3 is 12.3 Å². The Labute approximate surface area is 258 Å². The van der Waals surface area contributed by atoms with E-state index in [1.165, 1.54) is 14.2 Å². The van der Waals surface area contributed by atoms with Gasteiger partial charge in [-0.1, -0.05) is 35.9 Å². The van der Waals surface area contributed by atoms with Crippen molar-refractivity contribution >= 4 is 29.1 Å². The molecular weight excluding hydrogens is 625 g/mol. The normalized spacial score (nSPS) is 11.1. The summed E-state index contributed by atoms with van der Waals surface area (Å²) in [7, 11) is 4.05. The Balaban J connectivity index is 1.90. The van der Waals surface area contributed by atoms with E-state index < -0.39 is 50.5 Å². The molecule has 16 heteroatoms. The summed E-state index contributed by atoms with van der Waals surface area (Å²) in [5.41, 5.74) is -1.90. The Morgan fingerprint density at radius 2 is 1.49 bits per heavy atom. The van der Waals surface area contributed by atoms with E-state index in [0.717, 1.165) is 24.6 Å². The predicted octanol–water partition coefficient (Wildman–Crippen LogP) is 5.70. The Morgan fingerprint density at radius 1 is 0.956 bits per heavy atom. The zero-order valence-electron chi connectivity index (χ0n) is 23.8. The maximum atomic E-state index is 13.9. The molecule has 12 nitrogen and oxygen atoms in total. The summed E-state index contributed by atoms with van der Waals surface area (Å²) in [5, 5.41) is 11.2. The highest BCUT2D eigenvalue weighted by molar-refractivity contribution is 6.33. The lowest BCUT2D eigenvalue weighted by atomic mass is 10.1. The third-order valence-electron chi connectivity index (χ3n) is 6.39. The maximum absolute atomic E-state index is 13.9. The number of nitro benzene ring substituents is 1. The molecule has 0 atom stereocenters. The van der Waals surface area contributed by atoms with Crippen LogP contribution in [-0.4, -0.2) is 48.1 Å². The molecule has 0 aliphatic rings. The molecule has 0 saturated carbocycles. The Kier molecular flexibility index (Phi) is 9.82. The average Bonchev–Trinajstić information content (AvgIpc) is 3.00. The fourth-order valence-corrected chi connectivity index (χ4v) is 4.66. The lowest BCUT2D eigenvalue weighted by Gasteiger charge is -2.26. The Morgan fingerprint density at radius 3 is 1.93 bits per heavy atom. The minimum absolute atomic E-state index is 0.126. The number of nitro groups is 1. The molecule has 4 rings (SSSR count). The van der Waals surface area contributed by atoms with Gasteiger partial charge in [-0.2, -0.15) is 0 Å². The molecule has 236 valence electrons. The minimum atomic E-state index is -5.17. The maximum Gasteiger partial charge on any atom is 0.573 e. The van der Waals surface area contributed by atoms with Crippen molar-refractivity contribution in [2.75, 3.05) is 26.2 Å². The number of hydrogen-bond donors (Lipinski definition) is 0. The number of ether oxygens (including phenoxy) is 4. The molecule has 4 aromatic rings. The van der Waals surface area contributed by atoms with Crippen LogP contribution in [-0.2, 0) is 17.8 Å². The van der Waals surface area contributed by atoms with Crippen LogP contribution in [0, 0.1) is 10.1 Å². The van der Waals surface area contributed by atoms with Crippen molar-refractivity contribution in [1.82, 2.24) is 9.55 Å². The second kappa shape index (κ2) is 13.5. The monoisotopic (exact) mass is 648 g/mol. The second-order valence-corrected chi connectivity index (χ2v) is 9.65. The quantitative estimate of drug-likeness (QED) is 0.113. The molecule has 0 N–H and O–H groups in total. The lowest BCUT2D eigenvalue weighted by Crippen LogP contribution is -2.33. The topological polar surface area (TPSA) is 135 Å². The SMILES string of the molecule is COC(=O)c1c(N(Cc2ccc(OC)cc2)Cc2ccc(OC)cc2)ncn(-c2c(Cl)cc(OC(F)(F)F)cc2[N+](=O)[O-])c1=O. The molecule has 0 spiro atoms. The summed E-state index contributed by atoms with van der Waals surface area (Å²) in [5.74, 6) is -1.05. The molecule has 0 amide bonds. The van der Waals surface area contributed by atoms with Crippen molar-refractivity contribution in [1.29, 1.82) is 0 Å². The van der Waals surface area contributed by atoms with Gasteiger partial charge in [0.05, 0.1) is 37.3 Å². The minimum Gasteiger partial charge on any atom is -0.497 e. The number of carbonyl (C=O) groups excluding carboxylic acids is 1. The molecule has 0 aliphatic carbocycles. The molecule has 0 saturated heterocycles. The van der Waals surface area contributed by atoms with Crippen LogP contribution in [0.5, 0.6) is 17.2 Å². The van der Waals surface area contributed by atoms with Crippen LogP contribution in [0.3, 0.4) is 0 Å². The number of nitrogens with zero attached hydrogens (tertiary/aromatic N) is 4. The van der Waals surface area contributed by atoms with E-state index in [9.17, 15) is 32.9 Å². The van der Waals surface area contributed by atoms with E-state index in [-0.39, 0.29) is 18.9 Å². The number of esters is 1. The number of rotatable bonds is 11. The standard InChI is InChI=1S/C29H24ClF3N4O8/c1-42-19-8-4-17(5-9-19)14-35(15-18-6-10-20(43-2)11-7-18)26-24(28(39)44-3)27(38)36(16-34-26)25-22(30)12-21(45-29(31,32)33)13-23(25)37(40)41/h4-13,16H,14-15H2,1-3H3. The van der Waals surface area contributed by atoms with Crippen molar-refractivity contribution in [3.8, 4) is 22.9 Å². The molecule has 0 aliphatic heterocycles. The summed E-state index contributed by atoms with van der Waals surface area (Å²) in [6, 6.07) is 15.1. The number of methoxy groups -OCH3 is 3. The van der Waals surface area contributed by atoms with Crippen molar-refractivity contribution < 1.29 is 41.8 Å². The number of hydrogen-bond acceptors (Lipinski definition) is 10. The van der Waals surface area contributed by atoms with Crippen molar-refractivity contribution in [3.05, 3.63) is 109 Å². The first-order valence-corrected chi connectivity index (χ1v) is 13.2. The first-order chi connectivity index (χ1) is 21.3. The van der Waals surface area contributed by atoms with Crippen LogP contribution < -0.4 is 24.7 Å². The molecule has 0 fully saturated rings. The average molecular weight is 649 g/mol. The summed E-state index contributed by atoms with van der Waals surface area (Å²) in [4.78, 5) is 43.7. The number of halogens is 4. The van der Waals surface area contributed by atoms with E-state index in [1.54, 1.807) is 53.4 Å². The molecule has 0 radical (unpaired) electrons.